The Balaban J connectivity index is 1.90. The molecule has 0 aliphatic carbocycles. The van der Waals surface area contributed by atoms with Crippen LogP contribution in [0.4, 0.5) is 17.1 Å². The third-order valence-corrected chi connectivity index (χ3v) is 4.32. The number of nitro groups is 2. The minimum absolute atomic E-state index is 0.0725. The highest BCUT2D eigenvalue weighted by Crippen LogP contribution is 2.31. The van der Waals surface area contributed by atoms with E-state index in [-0.39, 0.29) is 28.6 Å². The molecule has 0 aliphatic heterocycles. The van der Waals surface area contributed by atoms with Gasteiger partial charge in [-0.2, -0.15) is 0 Å². The number of aryl methyl sites for hydroxylation is 1. The molecule has 2 aromatic carbocycles. The normalized spacial score (nSPS) is 10.5. The number of non-ortho nitro benzene ring substituents is 1. The standard InChI is InChI=1S/C19H15N3O6/c1-11-6-7-15(22(26)27)18(12(11)2)20-19(23)17-9-8-16(28-17)13-4-3-5-14(10-13)21(24)25/h3-10H,1-2H3,(H,20,23). The highest BCUT2D eigenvalue weighted by Gasteiger charge is 2.22. The maximum Gasteiger partial charge on any atom is 0.293 e. The molecule has 9 nitrogen and oxygen atoms in total. The molecule has 0 unspecified atom stereocenters. The quantitative estimate of drug-likeness (QED) is 0.507. The summed E-state index contributed by atoms with van der Waals surface area (Å²) >= 11 is 0. The number of hydrogen-bond donors (Lipinski definition) is 1. The summed E-state index contributed by atoms with van der Waals surface area (Å²) in [6.45, 7) is 3.45. The Morgan fingerprint density at radius 2 is 1.75 bits per heavy atom. The Morgan fingerprint density at radius 1 is 1.00 bits per heavy atom. The van der Waals surface area contributed by atoms with Crippen LogP contribution in [0.2, 0.25) is 0 Å². The molecule has 0 radical (unpaired) electrons. The summed E-state index contributed by atoms with van der Waals surface area (Å²) in [5.41, 5.74) is 1.58. The van der Waals surface area contributed by atoms with Crippen LogP contribution in [0.15, 0.2) is 52.9 Å². The van der Waals surface area contributed by atoms with Gasteiger partial charge in [-0.05, 0) is 37.1 Å². The molecule has 0 atom stereocenters. The first-order valence-corrected chi connectivity index (χ1v) is 8.18. The zero-order valence-electron chi connectivity index (χ0n) is 15.0. The van der Waals surface area contributed by atoms with Crippen LogP contribution in [0.3, 0.4) is 0 Å². The van der Waals surface area contributed by atoms with Crippen molar-refractivity contribution < 1.29 is 19.1 Å². The van der Waals surface area contributed by atoms with Crippen LogP contribution >= 0.6 is 0 Å². The lowest BCUT2D eigenvalue weighted by Gasteiger charge is -2.10. The van der Waals surface area contributed by atoms with Crippen LogP contribution in [0.1, 0.15) is 21.7 Å². The molecule has 1 amide bonds. The summed E-state index contributed by atoms with van der Waals surface area (Å²) < 4.78 is 5.50. The average Bonchev–Trinajstić information content (AvgIpc) is 3.15. The minimum atomic E-state index is -0.659. The molecule has 142 valence electrons. The van der Waals surface area contributed by atoms with E-state index in [1.54, 1.807) is 26.0 Å². The van der Waals surface area contributed by atoms with E-state index in [0.29, 0.717) is 11.1 Å². The molecule has 0 saturated carbocycles. The molecule has 0 fully saturated rings. The number of hydrogen-bond acceptors (Lipinski definition) is 6. The molecule has 1 aromatic heterocycles. The number of carbonyl (C=O) groups excluding carboxylic acids is 1. The first-order valence-electron chi connectivity index (χ1n) is 8.18. The van der Waals surface area contributed by atoms with E-state index in [1.807, 2.05) is 0 Å². The Bertz CT molecular complexity index is 1100. The second-order valence-electron chi connectivity index (χ2n) is 6.08. The molecule has 0 spiro atoms. The number of benzene rings is 2. The van der Waals surface area contributed by atoms with E-state index < -0.39 is 15.8 Å². The van der Waals surface area contributed by atoms with Crippen LogP contribution in [0.5, 0.6) is 0 Å². The van der Waals surface area contributed by atoms with Gasteiger partial charge in [0.2, 0.25) is 0 Å². The summed E-state index contributed by atoms with van der Waals surface area (Å²) in [6.07, 6.45) is 0. The monoisotopic (exact) mass is 381 g/mol. The van der Waals surface area contributed by atoms with Crippen molar-refractivity contribution >= 4 is 23.0 Å². The van der Waals surface area contributed by atoms with Gasteiger partial charge in [-0.15, -0.1) is 0 Å². The number of furan rings is 1. The molecular weight excluding hydrogens is 366 g/mol. The van der Waals surface area contributed by atoms with Gasteiger partial charge in [-0.3, -0.25) is 25.0 Å². The van der Waals surface area contributed by atoms with Crippen molar-refractivity contribution in [2.45, 2.75) is 13.8 Å². The third-order valence-electron chi connectivity index (χ3n) is 4.32. The Hall–Kier alpha value is -4.01. The fourth-order valence-electron chi connectivity index (χ4n) is 2.67. The molecule has 1 N–H and O–H groups in total. The van der Waals surface area contributed by atoms with Gasteiger partial charge in [-0.25, -0.2) is 0 Å². The van der Waals surface area contributed by atoms with Crippen molar-refractivity contribution in [1.82, 2.24) is 0 Å². The van der Waals surface area contributed by atoms with Crippen molar-refractivity contribution in [2.75, 3.05) is 5.32 Å². The van der Waals surface area contributed by atoms with Crippen LogP contribution in [-0.2, 0) is 0 Å². The summed E-state index contributed by atoms with van der Waals surface area (Å²) in [5, 5.41) is 24.7. The lowest BCUT2D eigenvalue weighted by molar-refractivity contribution is -0.384. The SMILES string of the molecule is Cc1ccc([N+](=O)[O-])c(NC(=O)c2ccc(-c3cccc([N+](=O)[O-])c3)o2)c1C. The van der Waals surface area contributed by atoms with Gasteiger partial charge >= 0.3 is 0 Å². The predicted molar refractivity (Wildman–Crippen MR) is 101 cm³/mol. The smallest absolute Gasteiger partial charge is 0.293 e. The maximum atomic E-state index is 12.5. The summed E-state index contributed by atoms with van der Waals surface area (Å²) in [5.74, 6) is -0.463. The summed E-state index contributed by atoms with van der Waals surface area (Å²) in [6, 6.07) is 11.6. The largest absolute Gasteiger partial charge is 0.451 e. The second kappa shape index (κ2) is 7.31. The van der Waals surface area contributed by atoms with E-state index in [1.165, 1.54) is 36.4 Å². The first kappa shape index (κ1) is 18.8. The van der Waals surface area contributed by atoms with E-state index in [4.69, 9.17) is 4.42 Å². The second-order valence-corrected chi connectivity index (χ2v) is 6.08. The third kappa shape index (κ3) is 3.58. The molecule has 9 heteroatoms. The number of rotatable bonds is 5. The molecule has 3 rings (SSSR count). The van der Waals surface area contributed by atoms with E-state index in [9.17, 15) is 25.0 Å². The predicted octanol–water partition coefficient (Wildman–Crippen LogP) is 4.63. The van der Waals surface area contributed by atoms with Crippen molar-refractivity contribution in [3.8, 4) is 11.3 Å². The number of nitrogens with one attached hydrogen (secondary N) is 1. The number of anilines is 1. The van der Waals surface area contributed by atoms with Crippen molar-refractivity contribution in [3.05, 3.63) is 85.6 Å². The Kier molecular flexibility index (Phi) is 4.90. The van der Waals surface area contributed by atoms with E-state index in [0.717, 1.165) is 5.56 Å². The van der Waals surface area contributed by atoms with Crippen LogP contribution in [0.25, 0.3) is 11.3 Å². The molecule has 0 bridgehead atoms. The fourth-order valence-corrected chi connectivity index (χ4v) is 2.67. The molecule has 0 saturated heterocycles. The lowest BCUT2D eigenvalue weighted by Crippen LogP contribution is -2.14. The Labute approximate surface area is 158 Å². The number of amides is 1. The Morgan fingerprint density at radius 3 is 2.43 bits per heavy atom. The van der Waals surface area contributed by atoms with E-state index in [2.05, 4.69) is 5.32 Å². The zero-order chi connectivity index (χ0) is 20.4. The van der Waals surface area contributed by atoms with Crippen molar-refractivity contribution in [2.24, 2.45) is 0 Å². The topological polar surface area (TPSA) is 129 Å². The van der Waals surface area contributed by atoms with Gasteiger partial charge in [0.1, 0.15) is 11.4 Å². The van der Waals surface area contributed by atoms with Crippen molar-refractivity contribution in [3.63, 3.8) is 0 Å². The van der Waals surface area contributed by atoms with Gasteiger partial charge in [-0.1, -0.05) is 18.2 Å². The minimum Gasteiger partial charge on any atom is -0.451 e. The molecular formula is C19H15N3O6. The number of nitrogens with zero attached hydrogens (tertiary/aromatic N) is 2. The molecule has 3 aromatic rings. The maximum absolute atomic E-state index is 12.5. The fraction of sp³-hybridized carbons (Fsp3) is 0.105. The number of nitro benzene ring substituents is 2. The van der Waals surface area contributed by atoms with Gasteiger partial charge in [0.05, 0.1) is 9.85 Å². The van der Waals surface area contributed by atoms with Gasteiger partial charge in [0, 0.05) is 23.8 Å². The van der Waals surface area contributed by atoms with E-state index >= 15 is 0 Å². The zero-order valence-corrected chi connectivity index (χ0v) is 15.0. The molecule has 28 heavy (non-hydrogen) atoms. The molecule has 1 heterocycles. The van der Waals surface area contributed by atoms with Gasteiger partial charge in [0.15, 0.2) is 5.76 Å². The van der Waals surface area contributed by atoms with Gasteiger partial charge in [0.25, 0.3) is 17.3 Å². The van der Waals surface area contributed by atoms with Gasteiger partial charge < -0.3 is 9.73 Å². The van der Waals surface area contributed by atoms with Crippen LogP contribution in [-0.4, -0.2) is 15.8 Å². The lowest BCUT2D eigenvalue weighted by atomic mass is 10.1. The number of carbonyl (C=O) groups is 1. The first-order chi connectivity index (χ1) is 13.3. The van der Waals surface area contributed by atoms with Crippen molar-refractivity contribution in [1.29, 1.82) is 0 Å². The van der Waals surface area contributed by atoms with Crippen LogP contribution < -0.4 is 5.32 Å². The summed E-state index contributed by atoms with van der Waals surface area (Å²) in [7, 11) is 0. The highest BCUT2D eigenvalue weighted by molar-refractivity contribution is 6.04. The highest BCUT2D eigenvalue weighted by atomic mass is 16.6. The molecule has 0 aliphatic rings. The van der Waals surface area contributed by atoms with Crippen LogP contribution in [0, 0.1) is 34.1 Å². The average molecular weight is 381 g/mol. The summed E-state index contributed by atoms with van der Waals surface area (Å²) in [4.78, 5) is 33.6.